The highest BCUT2D eigenvalue weighted by molar-refractivity contribution is 9.10. The molecule has 0 saturated heterocycles. The second kappa shape index (κ2) is 13.4. The molecule has 3 aromatic carbocycles. The molecule has 0 fully saturated rings. The molecule has 0 bridgehead atoms. The van der Waals surface area contributed by atoms with Gasteiger partial charge in [0.2, 0.25) is 5.91 Å². The quantitative estimate of drug-likeness (QED) is 0.183. The van der Waals surface area contributed by atoms with Crippen LogP contribution in [-0.2, 0) is 17.2 Å². The molecule has 0 saturated carbocycles. The van der Waals surface area contributed by atoms with Crippen LogP contribution in [-0.4, -0.2) is 25.0 Å². The van der Waals surface area contributed by atoms with Crippen molar-refractivity contribution in [2.45, 2.75) is 12.4 Å². The molecular weight excluding hydrogens is 627 g/mol. The predicted octanol–water partition coefficient (Wildman–Crippen LogP) is 7.49. The van der Waals surface area contributed by atoms with E-state index in [1.54, 1.807) is 31.5 Å². The second-order valence-electron chi connectivity index (χ2n) is 6.94. The number of thioether (sulfide) groups is 1. The highest BCUT2D eigenvalue weighted by Crippen LogP contribution is 2.37. The Labute approximate surface area is 229 Å². The van der Waals surface area contributed by atoms with Crippen molar-refractivity contribution in [3.8, 4) is 11.5 Å². The lowest BCUT2D eigenvalue weighted by atomic mass is 10.2. The summed E-state index contributed by atoms with van der Waals surface area (Å²) in [6.45, 7) is 0.242. The van der Waals surface area contributed by atoms with E-state index in [1.807, 2.05) is 36.4 Å². The first kappa shape index (κ1) is 26.9. The molecule has 0 unspecified atom stereocenters. The summed E-state index contributed by atoms with van der Waals surface area (Å²) < 4.78 is 13.1. The molecule has 0 radical (unpaired) electrons. The molecule has 0 aliphatic rings. The fourth-order valence-corrected chi connectivity index (χ4v) is 5.29. The van der Waals surface area contributed by atoms with Crippen LogP contribution in [0.15, 0.2) is 68.6 Å². The van der Waals surface area contributed by atoms with Gasteiger partial charge in [0.1, 0.15) is 6.61 Å². The van der Waals surface area contributed by atoms with E-state index < -0.39 is 0 Å². The summed E-state index contributed by atoms with van der Waals surface area (Å²) in [5, 5.41) is 5.14. The van der Waals surface area contributed by atoms with Crippen molar-refractivity contribution >= 4 is 78.9 Å². The van der Waals surface area contributed by atoms with E-state index in [0.29, 0.717) is 31.8 Å². The maximum absolute atomic E-state index is 12.1. The highest BCUT2D eigenvalue weighted by Gasteiger charge is 2.13. The molecule has 34 heavy (non-hydrogen) atoms. The first-order valence-electron chi connectivity index (χ1n) is 9.94. The van der Waals surface area contributed by atoms with Gasteiger partial charge in [-0.25, -0.2) is 5.43 Å². The number of rotatable bonds is 10. The number of carbonyl (C=O) groups excluding carboxylic acids is 1. The van der Waals surface area contributed by atoms with E-state index in [4.69, 9.17) is 32.7 Å². The third-order valence-corrected chi connectivity index (χ3v) is 7.42. The maximum atomic E-state index is 12.1. The Balaban J connectivity index is 1.55. The van der Waals surface area contributed by atoms with E-state index in [1.165, 1.54) is 11.8 Å². The number of nitrogens with one attached hydrogen (secondary N) is 1. The number of hydrogen-bond acceptors (Lipinski definition) is 5. The largest absolute Gasteiger partial charge is 0.493 e. The topological polar surface area (TPSA) is 59.9 Å². The molecule has 1 amide bonds. The summed E-state index contributed by atoms with van der Waals surface area (Å²) in [6.07, 6.45) is 1.55. The van der Waals surface area contributed by atoms with Gasteiger partial charge in [0.25, 0.3) is 0 Å². The van der Waals surface area contributed by atoms with E-state index in [9.17, 15) is 4.79 Å². The van der Waals surface area contributed by atoms with Crippen molar-refractivity contribution in [3.05, 3.63) is 90.3 Å². The molecule has 0 aliphatic carbocycles. The zero-order chi connectivity index (χ0) is 24.5. The number of benzene rings is 3. The molecule has 0 heterocycles. The molecule has 5 nitrogen and oxygen atoms in total. The molecule has 178 valence electrons. The van der Waals surface area contributed by atoms with Crippen LogP contribution in [0.25, 0.3) is 0 Å². The Hall–Kier alpha value is -1.71. The van der Waals surface area contributed by atoms with Crippen molar-refractivity contribution in [1.82, 2.24) is 5.43 Å². The minimum atomic E-state index is -0.181. The number of hydrazone groups is 1. The van der Waals surface area contributed by atoms with E-state index in [-0.39, 0.29) is 12.5 Å². The number of amides is 1. The third kappa shape index (κ3) is 7.92. The monoisotopic (exact) mass is 644 g/mol. The van der Waals surface area contributed by atoms with Crippen LogP contribution in [0.5, 0.6) is 11.5 Å². The van der Waals surface area contributed by atoms with E-state index in [2.05, 4.69) is 42.4 Å². The lowest BCUT2D eigenvalue weighted by molar-refractivity contribution is -0.118. The van der Waals surface area contributed by atoms with Gasteiger partial charge in [-0.2, -0.15) is 5.10 Å². The van der Waals surface area contributed by atoms with Gasteiger partial charge in [0, 0.05) is 25.8 Å². The van der Waals surface area contributed by atoms with Gasteiger partial charge in [-0.1, -0.05) is 63.4 Å². The van der Waals surface area contributed by atoms with Crippen LogP contribution >= 0.6 is 66.8 Å². The number of halogens is 4. The lowest BCUT2D eigenvalue weighted by Gasteiger charge is -2.14. The van der Waals surface area contributed by atoms with Gasteiger partial charge in [-0.15, -0.1) is 11.8 Å². The summed E-state index contributed by atoms with van der Waals surface area (Å²) in [7, 11) is 1.55. The van der Waals surface area contributed by atoms with Gasteiger partial charge >= 0.3 is 0 Å². The van der Waals surface area contributed by atoms with Gasteiger partial charge in [0.05, 0.1) is 23.5 Å². The van der Waals surface area contributed by atoms with Crippen LogP contribution < -0.4 is 14.9 Å². The fraction of sp³-hybridized carbons (Fsp3) is 0.167. The van der Waals surface area contributed by atoms with E-state index in [0.717, 1.165) is 26.9 Å². The Bertz CT molecular complexity index is 1190. The lowest BCUT2D eigenvalue weighted by Crippen LogP contribution is -2.19. The van der Waals surface area contributed by atoms with Crippen molar-refractivity contribution in [3.63, 3.8) is 0 Å². The number of methoxy groups -OCH3 is 1. The number of nitrogens with zero attached hydrogens (tertiary/aromatic N) is 1. The van der Waals surface area contributed by atoms with Crippen molar-refractivity contribution in [2.75, 3.05) is 12.9 Å². The standard InChI is InChI=1S/C24H20Br2Cl2N2O3S/c1-32-22-9-15(8-20(26)24(22)33-12-16-6-7-18(27)10-21(16)28)11-29-30-23(31)14-34-13-17-4-2-3-5-19(17)25/h2-11H,12-14H2,1H3,(H,30,31)/b29-11-. The molecule has 3 rings (SSSR count). The zero-order valence-corrected chi connectivity index (χ0v) is 23.5. The highest BCUT2D eigenvalue weighted by atomic mass is 79.9. The molecule has 0 aliphatic heterocycles. The van der Waals surface area contributed by atoms with Crippen molar-refractivity contribution in [1.29, 1.82) is 0 Å². The van der Waals surface area contributed by atoms with Gasteiger partial charge in [-0.05, 0) is 57.4 Å². The normalized spacial score (nSPS) is 11.0. The fourth-order valence-electron chi connectivity index (χ4n) is 2.82. The summed E-state index contributed by atoms with van der Waals surface area (Å²) in [6, 6.07) is 16.8. The Morgan fingerprint density at radius 3 is 2.62 bits per heavy atom. The Morgan fingerprint density at radius 2 is 1.88 bits per heavy atom. The first-order chi connectivity index (χ1) is 16.4. The molecular formula is C24H20Br2Cl2N2O3S. The minimum absolute atomic E-state index is 0.181. The molecule has 10 heteroatoms. The first-order valence-corrected chi connectivity index (χ1v) is 13.4. The molecule has 0 atom stereocenters. The number of ether oxygens (including phenoxy) is 2. The van der Waals surface area contributed by atoms with Crippen molar-refractivity contribution < 1.29 is 14.3 Å². The average molecular weight is 647 g/mol. The Morgan fingerprint density at radius 1 is 1.09 bits per heavy atom. The van der Waals surface area contributed by atoms with Crippen LogP contribution in [0.1, 0.15) is 16.7 Å². The average Bonchev–Trinajstić information content (AvgIpc) is 2.80. The van der Waals surface area contributed by atoms with Crippen molar-refractivity contribution in [2.24, 2.45) is 5.10 Å². The molecule has 0 aromatic heterocycles. The van der Waals surface area contributed by atoms with Crippen LogP contribution in [0.2, 0.25) is 10.0 Å². The van der Waals surface area contributed by atoms with Crippen LogP contribution in [0, 0.1) is 0 Å². The second-order valence-corrected chi connectivity index (χ2v) is 10.5. The summed E-state index contributed by atoms with van der Waals surface area (Å²) in [5.74, 6) is 1.88. The van der Waals surface area contributed by atoms with Crippen LogP contribution in [0.3, 0.4) is 0 Å². The number of hydrogen-bond donors (Lipinski definition) is 1. The summed E-state index contributed by atoms with van der Waals surface area (Å²) in [5.41, 5.74) is 5.21. The zero-order valence-electron chi connectivity index (χ0n) is 18.0. The molecule has 0 spiro atoms. The van der Waals surface area contributed by atoms with Crippen LogP contribution in [0.4, 0.5) is 0 Å². The smallest absolute Gasteiger partial charge is 0.250 e. The summed E-state index contributed by atoms with van der Waals surface area (Å²) in [4.78, 5) is 12.1. The van der Waals surface area contributed by atoms with Gasteiger partial charge < -0.3 is 9.47 Å². The van der Waals surface area contributed by atoms with Gasteiger partial charge in [0.15, 0.2) is 11.5 Å². The minimum Gasteiger partial charge on any atom is -0.493 e. The predicted molar refractivity (Wildman–Crippen MR) is 148 cm³/mol. The number of carbonyl (C=O) groups is 1. The Kier molecular flexibility index (Phi) is 10.6. The third-order valence-electron chi connectivity index (χ3n) is 4.49. The van der Waals surface area contributed by atoms with Gasteiger partial charge in [-0.3, -0.25) is 4.79 Å². The molecule has 3 aromatic rings. The maximum Gasteiger partial charge on any atom is 0.250 e. The summed E-state index contributed by atoms with van der Waals surface area (Å²) >= 11 is 20.7. The SMILES string of the molecule is COc1cc(/C=N\NC(=O)CSCc2ccccc2Br)cc(Br)c1OCc1ccc(Cl)cc1Cl. The van der Waals surface area contributed by atoms with E-state index >= 15 is 0 Å². The molecule has 1 N–H and O–H groups in total.